The number of nitrogens with two attached hydrogens (primary N) is 1. The monoisotopic (exact) mass is 258 g/mol. The minimum Gasteiger partial charge on any atom is -0.392 e. The van der Waals surface area contributed by atoms with Gasteiger partial charge in [-0.1, -0.05) is 12.2 Å². The van der Waals surface area contributed by atoms with Gasteiger partial charge in [-0.05, 0) is 13.8 Å². The summed E-state index contributed by atoms with van der Waals surface area (Å²) in [6, 6.07) is 0.0738. The molecule has 0 aromatic rings. The molecule has 2 unspecified atom stereocenters. The Morgan fingerprint density at radius 1 is 1.18 bits per heavy atom. The molecule has 1 rings (SSSR count). The lowest BCUT2D eigenvalue weighted by Crippen LogP contribution is -2.56. The van der Waals surface area contributed by atoms with E-state index in [0.717, 1.165) is 26.2 Å². The fourth-order valence-corrected chi connectivity index (χ4v) is 2.22. The van der Waals surface area contributed by atoms with Crippen molar-refractivity contribution in [2.24, 2.45) is 5.73 Å². The van der Waals surface area contributed by atoms with Gasteiger partial charge in [0.2, 0.25) is 5.91 Å². The van der Waals surface area contributed by atoms with Gasteiger partial charge < -0.3 is 11.1 Å². The molecule has 0 saturated carbocycles. The molecule has 5 nitrogen and oxygen atoms in total. The van der Waals surface area contributed by atoms with Gasteiger partial charge in [-0.3, -0.25) is 14.6 Å². The third-order valence-electron chi connectivity index (χ3n) is 3.48. The van der Waals surface area contributed by atoms with E-state index in [1.165, 1.54) is 0 Å². The maximum Gasteiger partial charge on any atom is 0.236 e. The molecule has 1 aliphatic heterocycles. The highest BCUT2D eigenvalue weighted by molar-refractivity contribution is 7.80. The van der Waals surface area contributed by atoms with E-state index in [1.807, 2.05) is 13.8 Å². The molecular weight excluding hydrogens is 236 g/mol. The molecule has 3 N–H and O–H groups in total. The zero-order valence-corrected chi connectivity index (χ0v) is 11.6. The fourth-order valence-electron chi connectivity index (χ4n) is 2.07. The van der Waals surface area contributed by atoms with Gasteiger partial charge in [-0.15, -0.1) is 0 Å². The average Bonchev–Trinajstić information content (AvgIpc) is 2.36. The molecule has 2 atom stereocenters. The van der Waals surface area contributed by atoms with Crippen molar-refractivity contribution in [1.82, 2.24) is 15.1 Å². The van der Waals surface area contributed by atoms with Crippen molar-refractivity contribution in [2.75, 3.05) is 33.2 Å². The van der Waals surface area contributed by atoms with E-state index < -0.39 is 0 Å². The SMILES string of the molecule is CNC(=O)C(C)N1CCN(C(C)C(N)=S)CC1. The second-order valence-corrected chi connectivity index (χ2v) is 4.91. The summed E-state index contributed by atoms with van der Waals surface area (Å²) in [4.78, 5) is 16.5. The summed E-state index contributed by atoms with van der Waals surface area (Å²) in [5.41, 5.74) is 5.64. The normalized spacial score (nSPS) is 21.8. The number of carbonyl (C=O) groups is 1. The Labute approximate surface area is 108 Å². The first-order chi connectivity index (χ1) is 7.97. The van der Waals surface area contributed by atoms with Crippen LogP contribution < -0.4 is 11.1 Å². The van der Waals surface area contributed by atoms with Gasteiger partial charge in [0.05, 0.1) is 17.1 Å². The molecule has 1 fully saturated rings. The van der Waals surface area contributed by atoms with Crippen LogP contribution in [0.5, 0.6) is 0 Å². The zero-order chi connectivity index (χ0) is 13.0. The minimum atomic E-state index is -0.0673. The minimum absolute atomic E-state index is 0.0673. The van der Waals surface area contributed by atoms with Gasteiger partial charge in [-0.25, -0.2) is 0 Å². The van der Waals surface area contributed by atoms with Gasteiger partial charge in [-0.2, -0.15) is 0 Å². The lowest BCUT2D eigenvalue weighted by atomic mass is 10.2. The molecular formula is C11H22N4OS. The smallest absolute Gasteiger partial charge is 0.236 e. The molecule has 0 aromatic heterocycles. The Balaban J connectivity index is 2.45. The summed E-state index contributed by atoms with van der Waals surface area (Å²) < 4.78 is 0. The Morgan fingerprint density at radius 2 is 1.59 bits per heavy atom. The molecule has 0 radical (unpaired) electrons. The number of hydrogen-bond donors (Lipinski definition) is 2. The number of likely N-dealkylation sites (N-methyl/N-ethyl adjacent to an activating group) is 1. The van der Waals surface area contributed by atoms with Crippen LogP contribution in [0.15, 0.2) is 0 Å². The second-order valence-electron chi connectivity index (χ2n) is 4.44. The predicted molar refractivity (Wildman–Crippen MR) is 72.9 cm³/mol. The van der Waals surface area contributed by atoms with E-state index in [0.29, 0.717) is 4.99 Å². The average molecular weight is 258 g/mol. The largest absolute Gasteiger partial charge is 0.392 e. The molecule has 98 valence electrons. The first-order valence-corrected chi connectivity index (χ1v) is 6.37. The van der Waals surface area contributed by atoms with Crippen LogP contribution in [-0.4, -0.2) is 66.0 Å². The third-order valence-corrected chi connectivity index (χ3v) is 3.82. The molecule has 0 aliphatic carbocycles. The van der Waals surface area contributed by atoms with Crippen LogP contribution in [0.25, 0.3) is 0 Å². The standard InChI is InChI=1S/C11H22N4OS/c1-8(10(12)17)14-4-6-15(7-5-14)9(2)11(16)13-3/h8-9H,4-7H2,1-3H3,(H2,12,17)(H,13,16). The fraction of sp³-hybridized carbons (Fsp3) is 0.818. The van der Waals surface area contributed by atoms with Gasteiger partial charge >= 0.3 is 0 Å². The lowest BCUT2D eigenvalue weighted by molar-refractivity contribution is -0.126. The second kappa shape index (κ2) is 6.28. The number of thiocarbonyl (C=S) groups is 1. The zero-order valence-electron chi connectivity index (χ0n) is 10.8. The van der Waals surface area contributed by atoms with Gasteiger partial charge in [0, 0.05) is 33.2 Å². The van der Waals surface area contributed by atoms with Crippen molar-refractivity contribution >= 4 is 23.1 Å². The summed E-state index contributed by atoms with van der Waals surface area (Å²) in [5, 5.41) is 2.68. The Bertz CT molecular complexity index is 289. The molecule has 17 heavy (non-hydrogen) atoms. The van der Waals surface area contributed by atoms with Crippen LogP contribution in [-0.2, 0) is 4.79 Å². The van der Waals surface area contributed by atoms with Crippen molar-refractivity contribution in [3.8, 4) is 0 Å². The van der Waals surface area contributed by atoms with Crippen molar-refractivity contribution < 1.29 is 4.79 Å². The van der Waals surface area contributed by atoms with Crippen LogP contribution >= 0.6 is 12.2 Å². The first-order valence-electron chi connectivity index (χ1n) is 5.96. The number of amides is 1. The van der Waals surface area contributed by atoms with Crippen LogP contribution in [0.2, 0.25) is 0 Å². The number of nitrogens with zero attached hydrogens (tertiary/aromatic N) is 2. The topological polar surface area (TPSA) is 61.6 Å². The van der Waals surface area contributed by atoms with Crippen LogP contribution in [0.3, 0.4) is 0 Å². The maximum atomic E-state index is 11.5. The highest BCUT2D eigenvalue weighted by atomic mass is 32.1. The number of nitrogens with one attached hydrogen (secondary N) is 1. The number of hydrogen-bond acceptors (Lipinski definition) is 4. The van der Waals surface area contributed by atoms with Crippen molar-refractivity contribution in [1.29, 1.82) is 0 Å². The quantitative estimate of drug-likeness (QED) is 0.660. The molecule has 0 aromatic carbocycles. The third kappa shape index (κ3) is 3.62. The van der Waals surface area contributed by atoms with Crippen LogP contribution in [0, 0.1) is 0 Å². The molecule has 0 spiro atoms. The summed E-state index contributed by atoms with van der Waals surface area (Å²) in [7, 11) is 1.67. The molecule has 1 aliphatic rings. The summed E-state index contributed by atoms with van der Waals surface area (Å²) in [6.07, 6.45) is 0. The van der Waals surface area contributed by atoms with Crippen molar-refractivity contribution in [2.45, 2.75) is 25.9 Å². The van der Waals surface area contributed by atoms with Crippen LogP contribution in [0.1, 0.15) is 13.8 Å². The van der Waals surface area contributed by atoms with E-state index in [1.54, 1.807) is 7.05 Å². The Kier molecular flexibility index (Phi) is 5.30. The number of carbonyl (C=O) groups excluding carboxylic acids is 1. The van der Waals surface area contributed by atoms with Crippen LogP contribution in [0.4, 0.5) is 0 Å². The summed E-state index contributed by atoms with van der Waals surface area (Å²) >= 11 is 5.00. The summed E-state index contributed by atoms with van der Waals surface area (Å²) in [6.45, 7) is 7.52. The first kappa shape index (κ1) is 14.3. The Morgan fingerprint density at radius 3 is 1.94 bits per heavy atom. The highest BCUT2D eigenvalue weighted by Gasteiger charge is 2.27. The molecule has 1 saturated heterocycles. The number of piperazine rings is 1. The van der Waals surface area contributed by atoms with E-state index in [9.17, 15) is 4.79 Å². The van der Waals surface area contributed by atoms with E-state index in [4.69, 9.17) is 18.0 Å². The highest BCUT2D eigenvalue weighted by Crippen LogP contribution is 2.09. The van der Waals surface area contributed by atoms with Gasteiger partial charge in [0.1, 0.15) is 0 Å². The van der Waals surface area contributed by atoms with Gasteiger partial charge in [0.15, 0.2) is 0 Å². The van der Waals surface area contributed by atoms with Gasteiger partial charge in [0.25, 0.3) is 0 Å². The van der Waals surface area contributed by atoms with Crippen molar-refractivity contribution in [3.63, 3.8) is 0 Å². The predicted octanol–water partition coefficient (Wildman–Crippen LogP) is -0.587. The number of rotatable bonds is 4. The maximum absolute atomic E-state index is 11.5. The lowest BCUT2D eigenvalue weighted by Gasteiger charge is -2.39. The molecule has 0 bridgehead atoms. The van der Waals surface area contributed by atoms with E-state index >= 15 is 0 Å². The van der Waals surface area contributed by atoms with E-state index in [-0.39, 0.29) is 18.0 Å². The van der Waals surface area contributed by atoms with Crippen molar-refractivity contribution in [3.05, 3.63) is 0 Å². The molecule has 1 heterocycles. The Hall–Kier alpha value is -0.720. The van der Waals surface area contributed by atoms with E-state index in [2.05, 4.69) is 15.1 Å². The summed E-state index contributed by atoms with van der Waals surface area (Å²) in [5.74, 6) is 0.0702. The molecule has 6 heteroatoms. The molecule has 1 amide bonds.